The van der Waals surface area contributed by atoms with Crippen LogP contribution in [0.15, 0.2) is 0 Å². The lowest BCUT2D eigenvalue weighted by atomic mass is 9.70. The molecule has 2 aliphatic rings. The van der Waals surface area contributed by atoms with E-state index in [1.807, 2.05) is 0 Å². The van der Waals surface area contributed by atoms with Crippen LogP contribution < -0.4 is 0 Å². The molecule has 2 nitrogen and oxygen atoms in total. The third-order valence-electron chi connectivity index (χ3n) is 5.13. The van der Waals surface area contributed by atoms with Crippen LogP contribution in [0.5, 0.6) is 0 Å². The number of aliphatic hydroxyl groups is 1. The first kappa shape index (κ1) is 14.0. The molecule has 2 heteroatoms. The van der Waals surface area contributed by atoms with E-state index in [1.54, 1.807) is 6.92 Å². The lowest BCUT2D eigenvalue weighted by Gasteiger charge is -2.36. The van der Waals surface area contributed by atoms with Crippen LogP contribution in [0, 0.1) is 17.8 Å². The third-order valence-corrected chi connectivity index (χ3v) is 5.13. The summed E-state index contributed by atoms with van der Waals surface area (Å²) in [6.07, 6.45) is 11.7. The summed E-state index contributed by atoms with van der Waals surface area (Å²) in [5.41, 5.74) is 0. The number of rotatable bonds is 4. The SMILES string of the molecule is CC(=O)[C@@H](C1CCCCC1)[C@@H](O)C1CCCCC1. The predicted octanol–water partition coefficient (Wildman–Crippen LogP) is 3.71. The summed E-state index contributed by atoms with van der Waals surface area (Å²) >= 11 is 0. The molecule has 0 bridgehead atoms. The molecule has 2 atom stereocenters. The summed E-state index contributed by atoms with van der Waals surface area (Å²) in [5.74, 6) is 0.983. The Morgan fingerprint density at radius 3 is 1.78 bits per heavy atom. The summed E-state index contributed by atoms with van der Waals surface area (Å²) in [6, 6.07) is 0. The van der Waals surface area contributed by atoms with Crippen LogP contribution in [0.4, 0.5) is 0 Å². The summed E-state index contributed by atoms with van der Waals surface area (Å²) in [7, 11) is 0. The summed E-state index contributed by atoms with van der Waals surface area (Å²) in [5, 5.41) is 10.6. The highest BCUT2D eigenvalue weighted by molar-refractivity contribution is 5.79. The fraction of sp³-hybridized carbons (Fsp3) is 0.938. The van der Waals surface area contributed by atoms with Crippen LogP contribution >= 0.6 is 0 Å². The largest absolute Gasteiger partial charge is 0.392 e. The fourth-order valence-corrected chi connectivity index (χ4v) is 4.11. The highest BCUT2D eigenvalue weighted by atomic mass is 16.3. The minimum Gasteiger partial charge on any atom is -0.392 e. The van der Waals surface area contributed by atoms with Crippen molar-refractivity contribution in [1.82, 2.24) is 0 Å². The molecular formula is C16H28O2. The Morgan fingerprint density at radius 1 is 0.889 bits per heavy atom. The second kappa shape index (κ2) is 6.70. The van der Waals surface area contributed by atoms with Crippen molar-refractivity contribution < 1.29 is 9.90 Å². The van der Waals surface area contributed by atoms with Crippen LogP contribution in [0.1, 0.15) is 71.1 Å². The van der Waals surface area contributed by atoms with Crippen molar-refractivity contribution >= 4 is 5.78 Å². The summed E-state index contributed by atoms with van der Waals surface area (Å²) < 4.78 is 0. The monoisotopic (exact) mass is 252 g/mol. The summed E-state index contributed by atoms with van der Waals surface area (Å²) in [4.78, 5) is 12.0. The normalized spacial score (nSPS) is 26.8. The molecule has 2 fully saturated rings. The van der Waals surface area contributed by atoms with Gasteiger partial charge in [0, 0.05) is 5.92 Å². The van der Waals surface area contributed by atoms with E-state index in [0.717, 1.165) is 25.7 Å². The molecular weight excluding hydrogens is 224 g/mol. The van der Waals surface area contributed by atoms with Crippen molar-refractivity contribution in [1.29, 1.82) is 0 Å². The maximum atomic E-state index is 12.0. The molecule has 0 aromatic carbocycles. The van der Waals surface area contributed by atoms with Crippen molar-refractivity contribution in [2.24, 2.45) is 17.8 Å². The minimum atomic E-state index is -0.370. The molecule has 0 amide bonds. The fourth-order valence-electron chi connectivity index (χ4n) is 4.11. The average Bonchev–Trinajstić information content (AvgIpc) is 2.40. The van der Waals surface area contributed by atoms with Crippen LogP contribution in [0.3, 0.4) is 0 Å². The quantitative estimate of drug-likeness (QED) is 0.828. The second-order valence-corrected chi connectivity index (χ2v) is 6.42. The highest BCUT2D eigenvalue weighted by Crippen LogP contribution is 2.37. The number of Topliss-reactive ketones (excluding diaryl/α,β-unsaturated/α-hetero) is 1. The van der Waals surface area contributed by atoms with Gasteiger partial charge in [0.05, 0.1) is 6.10 Å². The number of hydrogen-bond donors (Lipinski definition) is 1. The van der Waals surface area contributed by atoms with E-state index in [4.69, 9.17) is 0 Å². The Kier molecular flexibility index (Phi) is 5.23. The van der Waals surface area contributed by atoms with Crippen LogP contribution in [0.25, 0.3) is 0 Å². The van der Waals surface area contributed by atoms with E-state index >= 15 is 0 Å². The van der Waals surface area contributed by atoms with Gasteiger partial charge in [-0.15, -0.1) is 0 Å². The Labute approximate surface area is 111 Å². The van der Waals surface area contributed by atoms with Gasteiger partial charge in [-0.05, 0) is 44.4 Å². The van der Waals surface area contributed by atoms with Gasteiger partial charge in [0.1, 0.15) is 5.78 Å². The molecule has 1 N–H and O–H groups in total. The topological polar surface area (TPSA) is 37.3 Å². The van der Waals surface area contributed by atoms with Gasteiger partial charge in [-0.3, -0.25) is 4.79 Å². The third kappa shape index (κ3) is 3.34. The Hall–Kier alpha value is -0.370. The van der Waals surface area contributed by atoms with Crippen LogP contribution in [-0.2, 0) is 4.79 Å². The van der Waals surface area contributed by atoms with E-state index in [0.29, 0.717) is 11.8 Å². The smallest absolute Gasteiger partial charge is 0.135 e. The molecule has 104 valence electrons. The van der Waals surface area contributed by atoms with Gasteiger partial charge in [0.2, 0.25) is 0 Å². The van der Waals surface area contributed by atoms with E-state index in [9.17, 15) is 9.90 Å². The number of ketones is 1. The first-order chi connectivity index (χ1) is 8.70. The zero-order chi connectivity index (χ0) is 13.0. The molecule has 2 saturated carbocycles. The number of carbonyl (C=O) groups is 1. The van der Waals surface area contributed by atoms with Crippen LogP contribution in [-0.4, -0.2) is 17.0 Å². The molecule has 0 spiro atoms. The maximum Gasteiger partial charge on any atom is 0.135 e. The zero-order valence-electron chi connectivity index (χ0n) is 11.7. The number of hydrogen-bond acceptors (Lipinski definition) is 2. The molecule has 0 aliphatic heterocycles. The van der Waals surface area contributed by atoms with Crippen molar-refractivity contribution in [2.45, 2.75) is 77.2 Å². The molecule has 0 aromatic heterocycles. The summed E-state index contributed by atoms with van der Waals surface area (Å²) in [6.45, 7) is 1.69. The van der Waals surface area contributed by atoms with Gasteiger partial charge < -0.3 is 5.11 Å². The molecule has 0 heterocycles. The minimum absolute atomic E-state index is 0.0756. The molecule has 18 heavy (non-hydrogen) atoms. The van der Waals surface area contributed by atoms with E-state index in [1.165, 1.54) is 38.5 Å². The first-order valence-electron chi connectivity index (χ1n) is 7.88. The number of aliphatic hydroxyl groups excluding tert-OH is 1. The van der Waals surface area contributed by atoms with E-state index < -0.39 is 0 Å². The van der Waals surface area contributed by atoms with Gasteiger partial charge in [-0.2, -0.15) is 0 Å². The lowest BCUT2D eigenvalue weighted by Crippen LogP contribution is -2.40. The highest BCUT2D eigenvalue weighted by Gasteiger charge is 2.37. The van der Waals surface area contributed by atoms with Gasteiger partial charge >= 0.3 is 0 Å². The molecule has 2 rings (SSSR count). The molecule has 0 unspecified atom stereocenters. The van der Waals surface area contributed by atoms with Gasteiger partial charge in [-0.25, -0.2) is 0 Å². The van der Waals surface area contributed by atoms with Crippen molar-refractivity contribution in [2.75, 3.05) is 0 Å². The maximum absolute atomic E-state index is 12.0. The van der Waals surface area contributed by atoms with Gasteiger partial charge in [-0.1, -0.05) is 38.5 Å². The first-order valence-corrected chi connectivity index (χ1v) is 7.88. The molecule has 2 aliphatic carbocycles. The second-order valence-electron chi connectivity index (χ2n) is 6.42. The standard InChI is InChI=1S/C16H28O2/c1-12(17)15(13-8-4-2-5-9-13)16(18)14-10-6-3-7-11-14/h13-16,18H,2-11H2,1H3/t15-,16-/m0/s1. The molecule has 0 aromatic rings. The zero-order valence-corrected chi connectivity index (χ0v) is 11.7. The van der Waals surface area contributed by atoms with Gasteiger partial charge in [0.15, 0.2) is 0 Å². The Bertz CT molecular complexity index is 262. The average molecular weight is 252 g/mol. The predicted molar refractivity (Wildman–Crippen MR) is 73.3 cm³/mol. The van der Waals surface area contributed by atoms with Crippen molar-refractivity contribution in [3.8, 4) is 0 Å². The van der Waals surface area contributed by atoms with Crippen LogP contribution in [0.2, 0.25) is 0 Å². The number of carbonyl (C=O) groups excluding carboxylic acids is 1. The molecule has 0 saturated heterocycles. The van der Waals surface area contributed by atoms with E-state index in [-0.39, 0.29) is 17.8 Å². The Morgan fingerprint density at radius 2 is 1.33 bits per heavy atom. The van der Waals surface area contributed by atoms with Gasteiger partial charge in [0.25, 0.3) is 0 Å². The van der Waals surface area contributed by atoms with E-state index in [2.05, 4.69) is 0 Å². The van der Waals surface area contributed by atoms with Crippen molar-refractivity contribution in [3.63, 3.8) is 0 Å². The lowest BCUT2D eigenvalue weighted by molar-refractivity contribution is -0.129. The molecule has 0 radical (unpaired) electrons. The Balaban J connectivity index is 2.00. The van der Waals surface area contributed by atoms with Crippen molar-refractivity contribution in [3.05, 3.63) is 0 Å².